The summed E-state index contributed by atoms with van der Waals surface area (Å²) in [7, 11) is 0. The quantitative estimate of drug-likeness (QED) is 0.726. The van der Waals surface area contributed by atoms with Crippen LogP contribution in [0.3, 0.4) is 0 Å². The normalized spacial score (nSPS) is 15.4. The third-order valence-corrected chi connectivity index (χ3v) is 3.36. The summed E-state index contributed by atoms with van der Waals surface area (Å²) in [6.07, 6.45) is 0.866. The molecule has 0 saturated carbocycles. The molecule has 2 rings (SSSR count). The van der Waals surface area contributed by atoms with Crippen LogP contribution in [-0.4, -0.2) is 28.9 Å². The van der Waals surface area contributed by atoms with E-state index in [0.717, 1.165) is 23.7 Å². The molecule has 0 unspecified atom stereocenters. The number of amides is 1. The van der Waals surface area contributed by atoms with E-state index in [-0.39, 0.29) is 12.5 Å². The summed E-state index contributed by atoms with van der Waals surface area (Å²) in [5.41, 5.74) is 6.49. The first-order valence-corrected chi connectivity index (χ1v) is 5.45. The van der Waals surface area contributed by atoms with E-state index in [4.69, 9.17) is 5.73 Å². The number of hydrogen-bond donors (Lipinski definition) is 1. The van der Waals surface area contributed by atoms with Crippen molar-refractivity contribution in [2.45, 2.75) is 19.9 Å². The van der Waals surface area contributed by atoms with Gasteiger partial charge in [0.25, 0.3) is 0 Å². The number of hydrogen-bond acceptors (Lipinski definition) is 4. The van der Waals surface area contributed by atoms with Crippen molar-refractivity contribution < 1.29 is 4.79 Å². The number of aryl methyl sites for hydroxylation is 1. The molecule has 0 aromatic carbocycles. The Morgan fingerprint density at radius 3 is 3.21 bits per heavy atom. The molecule has 0 saturated heterocycles. The Balaban J connectivity index is 2.16. The Hall–Kier alpha value is -0.940. The average Bonchev–Trinajstić information content (AvgIpc) is 2.55. The van der Waals surface area contributed by atoms with Crippen molar-refractivity contribution in [2.24, 2.45) is 5.73 Å². The molecule has 1 amide bonds. The topological polar surface area (TPSA) is 59.2 Å². The number of carbonyl (C=O) groups is 1. The minimum Gasteiger partial charge on any atom is -0.336 e. The Morgan fingerprint density at radius 2 is 2.50 bits per heavy atom. The molecule has 1 aromatic rings. The summed E-state index contributed by atoms with van der Waals surface area (Å²) >= 11 is 1.68. The predicted octanol–water partition coefficient (Wildman–Crippen LogP) is 0.295. The van der Waals surface area contributed by atoms with Gasteiger partial charge >= 0.3 is 0 Å². The number of carbonyl (C=O) groups excluding carboxylic acids is 1. The van der Waals surface area contributed by atoms with E-state index < -0.39 is 0 Å². The van der Waals surface area contributed by atoms with Gasteiger partial charge in [0, 0.05) is 17.8 Å². The Morgan fingerprint density at radius 1 is 1.71 bits per heavy atom. The lowest BCUT2D eigenvalue weighted by molar-refractivity contribution is -0.130. The van der Waals surface area contributed by atoms with E-state index in [9.17, 15) is 4.79 Å². The van der Waals surface area contributed by atoms with E-state index in [1.807, 2.05) is 6.92 Å². The molecule has 4 nitrogen and oxygen atoms in total. The van der Waals surface area contributed by atoms with Crippen molar-refractivity contribution >= 4 is 17.2 Å². The molecule has 0 aliphatic carbocycles. The highest BCUT2D eigenvalue weighted by Gasteiger charge is 2.22. The summed E-state index contributed by atoms with van der Waals surface area (Å²) in [5.74, 6) is 0.0294. The van der Waals surface area contributed by atoms with Gasteiger partial charge in [-0.3, -0.25) is 4.79 Å². The second-order valence-electron chi connectivity index (χ2n) is 3.37. The van der Waals surface area contributed by atoms with E-state index in [2.05, 4.69) is 4.98 Å². The zero-order valence-corrected chi connectivity index (χ0v) is 8.93. The summed E-state index contributed by atoms with van der Waals surface area (Å²) in [6.45, 7) is 3.55. The van der Waals surface area contributed by atoms with E-state index in [0.29, 0.717) is 6.54 Å². The van der Waals surface area contributed by atoms with Crippen LogP contribution in [-0.2, 0) is 17.8 Å². The molecule has 0 fully saturated rings. The molecule has 1 aliphatic heterocycles. The maximum Gasteiger partial charge on any atom is 0.236 e. The second kappa shape index (κ2) is 3.67. The van der Waals surface area contributed by atoms with E-state index in [1.165, 1.54) is 4.88 Å². The predicted molar refractivity (Wildman–Crippen MR) is 55.0 cm³/mol. The van der Waals surface area contributed by atoms with Crippen molar-refractivity contribution in [3.63, 3.8) is 0 Å². The Labute approximate surface area is 86.7 Å². The summed E-state index contributed by atoms with van der Waals surface area (Å²) in [5, 5.41) is 1.08. The van der Waals surface area contributed by atoms with Crippen LogP contribution in [0.5, 0.6) is 0 Å². The van der Waals surface area contributed by atoms with Crippen molar-refractivity contribution in [3.8, 4) is 0 Å². The second-order valence-corrected chi connectivity index (χ2v) is 4.66. The third-order valence-electron chi connectivity index (χ3n) is 2.37. The SMILES string of the molecule is Cc1nc2c(s1)CN(C(=O)CN)CC2. The molecular formula is C9H13N3OS. The van der Waals surface area contributed by atoms with Gasteiger partial charge in [0.05, 0.1) is 23.8 Å². The van der Waals surface area contributed by atoms with Gasteiger partial charge in [-0.05, 0) is 6.92 Å². The molecule has 5 heteroatoms. The fourth-order valence-corrected chi connectivity index (χ4v) is 2.66. The fourth-order valence-electron chi connectivity index (χ4n) is 1.67. The van der Waals surface area contributed by atoms with Crippen molar-refractivity contribution in [1.29, 1.82) is 0 Å². The number of thiazole rings is 1. The zero-order valence-electron chi connectivity index (χ0n) is 8.12. The number of nitrogens with two attached hydrogens (primary N) is 1. The molecule has 1 aromatic heterocycles. The minimum atomic E-state index is 0.0294. The number of nitrogens with zero attached hydrogens (tertiary/aromatic N) is 2. The largest absolute Gasteiger partial charge is 0.336 e. The van der Waals surface area contributed by atoms with Gasteiger partial charge < -0.3 is 10.6 Å². The lowest BCUT2D eigenvalue weighted by atomic mass is 10.2. The van der Waals surface area contributed by atoms with Crippen LogP contribution in [0.15, 0.2) is 0 Å². The average molecular weight is 211 g/mol. The van der Waals surface area contributed by atoms with E-state index in [1.54, 1.807) is 16.2 Å². The van der Waals surface area contributed by atoms with Gasteiger partial charge in [0.1, 0.15) is 0 Å². The van der Waals surface area contributed by atoms with Gasteiger partial charge in [0.2, 0.25) is 5.91 Å². The maximum absolute atomic E-state index is 11.4. The third kappa shape index (κ3) is 1.65. The molecule has 0 radical (unpaired) electrons. The van der Waals surface area contributed by atoms with Crippen LogP contribution in [0.4, 0.5) is 0 Å². The summed E-state index contributed by atoms with van der Waals surface area (Å²) in [6, 6.07) is 0. The minimum absolute atomic E-state index is 0.0294. The summed E-state index contributed by atoms with van der Waals surface area (Å²) in [4.78, 5) is 18.8. The van der Waals surface area contributed by atoms with Gasteiger partial charge in [-0.1, -0.05) is 0 Å². The van der Waals surface area contributed by atoms with Gasteiger partial charge in [-0.15, -0.1) is 11.3 Å². The molecular weight excluding hydrogens is 198 g/mol. The van der Waals surface area contributed by atoms with Crippen molar-refractivity contribution in [1.82, 2.24) is 9.88 Å². The van der Waals surface area contributed by atoms with Crippen LogP contribution >= 0.6 is 11.3 Å². The zero-order chi connectivity index (χ0) is 10.1. The molecule has 0 atom stereocenters. The van der Waals surface area contributed by atoms with Crippen LogP contribution < -0.4 is 5.73 Å². The first-order valence-electron chi connectivity index (χ1n) is 4.63. The molecule has 1 aliphatic rings. The highest BCUT2D eigenvalue weighted by Crippen LogP contribution is 2.24. The smallest absolute Gasteiger partial charge is 0.236 e. The molecule has 14 heavy (non-hydrogen) atoms. The Bertz CT molecular complexity index is 361. The molecule has 0 spiro atoms. The van der Waals surface area contributed by atoms with Crippen LogP contribution in [0.2, 0.25) is 0 Å². The van der Waals surface area contributed by atoms with Gasteiger partial charge in [-0.2, -0.15) is 0 Å². The first-order chi connectivity index (χ1) is 6.70. The monoisotopic (exact) mass is 211 g/mol. The Kier molecular flexibility index (Phi) is 2.52. The highest BCUT2D eigenvalue weighted by atomic mass is 32.1. The maximum atomic E-state index is 11.4. The molecule has 0 bridgehead atoms. The van der Waals surface area contributed by atoms with Crippen LogP contribution in [0.1, 0.15) is 15.6 Å². The molecule has 2 N–H and O–H groups in total. The van der Waals surface area contributed by atoms with Crippen molar-refractivity contribution in [3.05, 3.63) is 15.6 Å². The fraction of sp³-hybridized carbons (Fsp3) is 0.556. The van der Waals surface area contributed by atoms with Crippen LogP contribution in [0, 0.1) is 6.92 Å². The lowest BCUT2D eigenvalue weighted by Gasteiger charge is -2.25. The van der Waals surface area contributed by atoms with Crippen LogP contribution in [0.25, 0.3) is 0 Å². The summed E-state index contributed by atoms with van der Waals surface area (Å²) < 4.78 is 0. The number of fused-ring (bicyclic) bond motifs is 1. The first kappa shape index (κ1) is 9.61. The molecule has 76 valence electrons. The number of aromatic nitrogens is 1. The lowest BCUT2D eigenvalue weighted by Crippen LogP contribution is -2.39. The highest BCUT2D eigenvalue weighted by molar-refractivity contribution is 7.11. The van der Waals surface area contributed by atoms with Crippen molar-refractivity contribution in [2.75, 3.05) is 13.1 Å². The standard InChI is InChI=1S/C9H13N3OS/c1-6-11-7-2-3-12(9(13)4-10)5-8(7)14-6/h2-5,10H2,1H3. The number of rotatable bonds is 1. The molecule has 2 heterocycles. The van der Waals surface area contributed by atoms with Gasteiger partial charge in [-0.25, -0.2) is 4.98 Å². The van der Waals surface area contributed by atoms with E-state index >= 15 is 0 Å². The van der Waals surface area contributed by atoms with Gasteiger partial charge in [0.15, 0.2) is 0 Å².